The number of aryl methyl sites for hydroxylation is 1. The lowest BCUT2D eigenvalue weighted by molar-refractivity contribution is -0.0399. The molecule has 1 saturated heterocycles. The van der Waals surface area contributed by atoms with Crippen LogP contribution in [0.25, 0.3) is 11.2 Å². The Labute approximate surface area is 153 Å². The minimum Gasteiger partial charge on any atom is -0.382 e. The maximum Gasteiger partial charge on any atom is 0.184 e. The summed E-state index contributed by atoms with van der Waals surface area (Å²) in [6.07, 6.45) is -0.154. The van der Waals surface area contributed by atoms with Crippen molar-refractivity contribution in [2.45, 2.75) is 26.1 Å². The zero-order valence-corrected chi connectivity index (χ0v) is 14.8. The third-order valence-electron chi connectivity index (χ3n) is 4.43. The zero-order valence-electron chi connectivity index (χ0n) is 14.8. The van der Waals surface area contributed by atoms with Crippen LogP contribution >= 0.6 is 0 Å². The van der Waals surface area contributed by atoms with Gasteiger partial charge in [-0.15, -0.1) is 5.10 Å². The Hall–Kier alpha value is -2.72. The van der Waals surface area contributed by atoms with E-state index in [0.29, 0.717) is 61.2 Å². The molecular formula is C17H19F2N7O. The van der Waals surface area contributed by atoms with E-state index in [9.17, 15) is 8.78 Å². The van der Waals surface area contributed by atoms with Gasteiger partial charge in [0.15, 0.2) is 17.0 Å². The van der Waals surface area contributed by atoms with Crippen LogP contribution in [-0.2, 0) is 17.8 Å². The summed E-state index contributed by atoms with van der Waals surface area (Å²) in [7, 11) is 0. The van der Waals surface area contributed by atoms with Crippen molar-refractivity contribution in [1.82, 2.24) is 29.9 Å². The van der Waals surface area contributed by atoms with Crippen LogP contribution in [0.3, 0.4) is 0 Å². The highest BCUT2D eigenvalue weighted by Gasteiger charge is 2.23. The number of fused-ring (bicyclic) bond motifs is 1. The van der Waals surface area contributed by atoms with Gasteiger partial charge in [-0.1, -0.05) is 5.21 Å². The molecular weight excluding hydrogens is 356 g/mol. The van der Waals surface area contributed by atoms with Crippen molar-refractivity contribution in [1.29, 1.82) is 0 Å². The Kier molecular flexibility index (Phi) is 4.66. The smallest absolute Gasteiger partial charge is 0.184 e. The summed E-state index contributed by atoms with van der Waals surface area (Å²) >= 11 is 0. The molecule has 2 N–H and O–H groups in total. The van der Waals surface area contributed by atoms with Crippen LogP contribution < -0.4 is 5.73 Å². The quantitative estimate of drug-likeness (QED) is 0.734. The summed E-state index contributed by atoms with van der Waals surface area (Å²) in [5, 5.41) is 8.15. The van der Waals surface area contributed by atoms with Gasteiger partial charge in [-0.3, -0.25) is 4.90 Å². The van der Waals surface area contributed by atoms with Gasteiger partial charge >= 0.3 is 0 Å². The molecule has 0 aliphatic carbocycles. The lowest BCUT2D eigenvalue weighted by atomic mass is 10.1. The molecule has 1 aliphatic rings. The fraction of sp³-hybridized carbons (Fsp3) is 0.412. The summed E-state index contributed by atoms with van der Waals surface area (Å²) in [4.78, 5) is 10.5. The maximum atomic E-state index is 13.4. The van der Waals surface area contributed by atoms with Crippen LogP contribution in [0.2, 0.25) is 0 Å². The average Bonchev–Trinajstić information content (AvgIpc) is 2.97. The molecule has 1 atom stereocenters. The molecule has 0 bridgehead atoms. The fourth-order valence-corrected chi connectivity index (χ4v) is 3.30. The van der Waals surface area contributed by atoms with E-state index in [0.717, 1.165) is 6.07 Å². The molecule has 1 aromatic carbocycles. The van der Waals surface area contributed by atoms with Crippen molar-refractivity contribution in [3.8, 4) is 0 Å². The molecule has 0 unspecified atom stereocenters. The van der Waals surface area contributed by atoms with Gasteiger partial charge in [-0.25, -0.2) is 23.4 Å². The molecule has 0 amide bonds. The highest BCUT2D eigenvalue weighted by molar-refractivity contribution is 5.80. The number of anilines is 1. The van der Waals surface area contributed by atoms with Gasteiger partial charge in [0.25, 0.3) is 0 Å². The van der Waals surface area contributed by atoms with E-state index in [1.54, 1.807) is 11.6 Å². The van der Waals surface area contributed by atoms with Crippen molar-refractivity contribution in [2.75, 3.05) is 25.4 Å². The lowest BCUT2D eigenvalue weighted by Crippen LogP contribution is -2.43. The van der Waals surface area contributed by atoms with E-state index in [-0.39, 0.29) is 6.10 Å². The highest BCUT2D eigenvalue weighted by Crippen LogP contribution is 2.17. The Morgan fingerprint density at radius 2 is 2.00 bits per heavy atom. The largest absolute Gasteiger partial charge is 0.382 e. The Bertz CT molecular complexity index is 957. The van der Waals surface area contributed by atoms with E-state index in [1.807, 2.05) is 0 Å². The number of ether oxygens (including phenoxy) is 1. The van der Waals surface area contributed by atoms with Gasteiger partial charge in [-0.05, 0) is 24.6 Å². The number of morpholine rings is 1. The molecule has 2 aromatic heterocycles. The van der Waals surface area contributed by atoms with Crippen LogP contribution in [0.1, 0.15) is 11.4 Å². The van der Waals surface area contributed by atoms with Gasteiger partial charge in [0.2, 0.25) is 0 Å². The van der Waals surface area contributed by atoms with E-state index < -0.39 is 11.6 Å². The van der Waals surface area contributed by atoms with E-state index in [2.05, 4.69) is 25.2 Å². The zero-order chi connectivity index (χ0) is 19.0. The Morgan fingerprint density at radius 3 is 2.78 bits per heavy atom. The second kappa shape index (κ2) is 7.12. The molecule has 0 saturated carbocycles. The molecule has 4 rings (SSSR count). The van der Waals surface area contributed by atoms with Gasteiger partial charge in [-0.2, -0.15) is 0 Å². The molecule has 3 aromatic rings. The van der Waals surface area contributed by atoms with Gasteiger partial charge in [0.05, 0.1) is 19.3 Å². The second-order valence-electron chi connectivity index (χ2n) is 6.61. The first-order valence-electron chi connectivity index (χ1n) is 8.60. The maximum absolute atomic E-state index is 13.4. The molecule has 8 nitrogen and oxygen atoms in total. The summed E-state index contributed by atoms with van der Waals surface area (Å²) in [5.74, 6) is -0.306. The summed E-state index contributed by atoms with van der Waals surface area (Å²) in [6, 6.07) is 3.57. The molecule has 10 heteroatoms. The molecule has 27 heavy (non-hydrogen) atoms. The minimum absolute atomic E-state index is 0.154. The minimum atomic E-state index is -0.573. The normalized spacial score (nSPS) is 18.3. The summed E-state index contributed by atoms with van der Waals surface area (Å²) < 4.78 is 34.3. The molecule has 142 valence electrons. The Balaban J connectivity index is 1.47. The second-order valence-corrected chi connectivity index (χ2v) is 6.61. The van der Waals surface area contributed by atoms with Crippen molar-refractivity contribution in [3.63, 3.8) is 0 Å². The first-order chi connectivity index (χ1) is 13.0. The summed E-state index contributed by atoms with van der Waals surface area (Å²) in [5.41, 5.74) is 7.49. The standard InChI is InChI=1S/C17H19F2N7O/c1-10-21-16(20)15-17(22-10)26(24-23-15)9-14-8-25(2-3-27-14)7-11-4-12(18)6-13(19)5-11/h4-6,14H,2-3,7-9H2,1H3,(H2,20,21,22)/t14-/m0/s1. The topological polar surface area (TPSA) is 95.0 Å². The number of aromatic nitrogens is 5. The number of hydrogen-bond donors (Lipinski definition) is 1. The van der Waals surface area contributed by atoms with Gasteiger partial charge in [0.1, 0.15) is 17.5 Å². The van der Waals surface area contributed by atoms with Gasteiger partial charge < -0.3 is 10.5 Å². The van der Waals surface area contributed by atoms with E-state index in [1.165, 1.54) is 12.1 Å². The molecule has 0 radical (unpaired) electrons. The van der Waals surface area contributed by atoms with Crippen molar-refractivity contribution < 1.29 is 13.5 Å². The van der Waals surface area contributed by atoms with Crippen LogP contribution in [0.5, 0.6) is 0 Å². The number of hydrogen-bond acceptors (Lipinski definition) is 7. The number of rotatable bonds is 4. The first-order valence-corrected chi connectivity index (χ1v) is 8.60. The van der Waals surface area contributed by atoms with Crippen LogP contribution in [-0.4, -0.2) is 55.7 Å². The summed E-state index contributed by atoms with van der Waals surface area (Å²) in [6.45, 7) is 4.44. The number of benzene rings is 1. The SMILES string of the molecule is Cc1nc(N)c2nnn(C[C@@H]3CN(Cc4cc(F)cc(F)c4)CCO3)c2n1. The monoisotopic (exact) mass is 375 g/mol. The number of halogens is 2. The van der Waals surface area contributed by atoms with E-state index >= 15 is 0 Å². The third-order valence-corrected chi connectivity index (χ3v) is 4.43. The lowest BCUT2D eigenvalue weighted by Gasteiger charge is -2.32. The van der Waals surface area contributed by atoms with Crippen molar-refractivity contribution in [3.05, 3.63) is 41.2 Å². The molecule has 0 spiro atoms. The average molecular weight is 375 g/mol. The fourth-order valence-electron chi connectivity index (χ4n) is 3.30. The predicted molar refractivity (Wildman–Crippen MR) is 93.6 cm³/mol. The van der Waals surface area contributed by atoms with Crippen molar-refractivity contribution >= 4 is 17.0 Å². The molecule has 1 aliphatic heterocycles. The van der Waals surface area contributed by atoms with E-state index in [4.69, 9.17) is 10.5 Å². The van der Waals surface area contributed by atoms with Gasteiger partial charge in [0, 0.05) is 25.7 Å². The van der Waals surface area contributed by atoms with Crippen LogP contribution in [0.15, 0.2) is 18.2 Å². The van der Waals surface area contributed by atoms with Crippen molar-refractivity contribution in [2.24, 2.45) is 0 Å². The third kappa shape index (κ3) is 3.86. The molecule has 3 heterocycles. The van der Waals surface area contributed by atoms with Crippen LogP contribution in [0, 0.1) is 18.6 Å². The van der Waals surface area contributed by atoms with Crippen LogP contribution in [0.4, 0.5) is 14.6 Å². The Morgan fingerprint density at radius 1 is 1.22 bits per heavy atom. The number of nitrogen functional groups attached to an aromatic ring is 1. The highest BCUT2D eigenvalue weighted by atomic mass is 19.1. The molecule has 1 fully saturated rings. The number of nitrogens with zero attached hydrogens (tertiary/aromatic N) is 6. The predicted octanol–water partition coefficient (Wildman–Crippen LogP) is 1.29. The first kappa shape index (κ1) is 17.7. The number of nitrogens with two attached hydrogens (primary N) is 1.